The average molecular weight is 199 g/mol. The van der Waals surface area contributed by atoms with Crippen molar-refractivity contribution in [3.8, 4) is 0 Å². The summed E-state index contributed by atoms with van der Waals surface area (Å²) >= 11 is 0. The van der Waals surface area contributed by atoms with Gasteiger partial charge in [-0.15, -0.1) is 5.10 Å². The molecular weight excluding hydrogens is 190 g/mol. The van der Waals surface area contributed by atoms with Crippen LogP contribution in [0.3, 0.4) is 0 Å². The van der Waals surface area contributed by atoms with E-state index in [4.69, 9.17) is 0 Å². The Morgan fingerprint density at radius 1 is 1.13 bits per heavy atom. The number of para-hydroxylation sites is 1. The van der Waals surface area contributed by atoms with Crippen LogP contribution in [0, 0.1) is 0 Å². The van der Waals surface area contributed by atoms with Gasteiger partial charge < -0.3 is 0 Å². The molecule has 3 rings (SSSR count). The number of fused-ring (bicyclic) bond motifs is 1. The lowest BCUT2D eigenvalue weighted by Crippen LogP contribution is -2.09. The van der Waals surface area contributed by atoms with E-state index in [1.54, 1.807) is 10.9 Å². The Hall–Kier alpha value is -2.17. The molecular formula is C10H9N5. The van der Waals surface area contributed by atoms with Crippen molar-refractivity contribution in [2.45, 2.75) is 6.67 Å². The molecule has 3 aromatic rings. The van der Waals surface area contributed by atoms with Crippen molar-refractivity contribution in [3.05, 3.63) is 42.7 Å². The van der Waals surface area contributed by atoms with Gasteiger partial charge in [-0.3, -0.25) is 4.68 Å². The fraction of sp³-hybridized carbons (Fsp3) is 0.100. The minimum atomic E-state index is 0.591. The van der Waals surface area contributed by atoms with Gasteiger partial charge in [0.2, 0.25) is 0 Å². The molecule has 0 N–H and O–H groups in total. The smallest absolute Gasteiger partial charge is 0.135 e. The summed E-state index contributed by atoms with van der Waals surface area (Å²) in [5.41, 5.74) is 1.93. The summed E-state index contributed by atoms with van der Waals surface area (Å²) in [6, 6.07) is 9.76. The highest BCUT2D eigenvalue weighted by molar-refractivity contribution is 5.73. The maximum atomic E-state index is 4.13. The fourth-order valence-corrected chi connectivity index (χ4v) is 1.54. The van der Waals surface area contributed by atoms with Crippen molar-refractivity contribution >= 4 is 11.0 Å². The maximum absolute atomic E-state index is 4.13. The van der Waals surface area contributed by atoms with E-state index < -0.39 is 0 Å². The number of aromatic nitrogens is 5. The minimum absolute atomic E-state index is 0.591. The van der Waals surface area contributed by atoms with Gasteiger partial charge in [-0.1, -0.05) is 17.3 Å². The molecule has 0 saturated heterocycles. The molecule has 0 aliphatic rings. The molecule has 5 heteroatoms. The molecule has 0 atom stereocenters. The topological polar surface area (TPSA) is 48.5 Å². The first kappa shape index (κ1) is 8.16. The largest absolute Gasteiger partial charge is 0.251 e. The molecule has 5 nitrogen and oxygen atoms in total. The average Bonchev–Trinajstić information content (AvgIpc) is 2.89. The molecule has 0 aliphatic carbocycles. The van der Waals surface area contributed by atoms with E-state index in [0.29, 0.717) is 6.67 Å². The third kappa shape index (κ3) is 1.38. The normalized spacial score (nSPS) is 10.9. The molecule has 0 bridgehead atoms. The molecule has 0 saturated carbocycles. The lowest BCUT2D eigenvalue weighted by molar-refractivity contribution is 0.502. The van der Waals surface area contributed by atoms with E-state index >= 15 is 0 Å². The van der Waals surface area contributed by atoms with Crippen molar-refractivity contribution in [1.82, 2.24) is 24.8 Å². The van der Waals surface area contributed by atoms with Crippen LogP contribution in [0.25, 0.3) is 11.0 Å². The SMILES string of the molecule is c1ccc2c(c1)nnn2Cn1cccn1. The fourth-order valence-electron chi connectivity index (χ4n) is 1.54. The maximum Gasteiger partial charge on any atom is 0.135 e. The van der Waals surface area contributed by atoms with Crippen LogP contribution in [-0.4, -0.2) is 24.8 Å². The third-order valence-corrected chi connectivity index (χ3v) is 2.26. The zero-order valence-electron chi connectivity index (χ0n) is 7.98. The first-order valence-corrected chi connectivity index (χ1v) is 4.69. The second-order valence-electron chi connectivity index (χ2n) is 3.26. The van der Waals surface area contributed by atoms with Crippen molar-refractivity contribution in [3.63, 3.8) is 0 Å². The summed E-state index contributed by atoms with van der Waals surface area (Å²) in [5, 5.41) is 12.3. The predicted molar refractivity (Wildman–Crippen MR) is 55.2 cm³/mol. The molecule has 1 aromatic carbocycles. The monoisotopic (exact) mass is 199 g/mol. The van der Waals surface area contributed by atoms with E-state index in [1.807, 2.05) is 41.2 Å². The van der Waals surface area contributed by atoms with Crippen LogP contribution in [0.1, 0.15) is 0 Å². The van der Waals surface area contributed by atoms with Crippen LogP contribution in [0.4, 0.5) is 0 Å². The summed E-state index contributed by atoms with van der Waals surface area (Å²) < 4.78 is 3.63. The van der Waals surface area contributed by atoms with Crippen molar-refractivity contribution in [2.75, 3.05) is 0 Å². The molecule has 0 amide bonds. The van der Waals surface area contributed by atoms with Crippen molar-refractivity contribution < 1.29 is 0 Å². The zero-order valence-corrected chi connectivity index (χ0v) is 7.98. The number of rotatable bonds is 2. The Labute approximate surface area is 85.9 Å². The van der Waals surface area contributed by atoms with Crippen molar-refractivity contribution in [2.24, 2.45) is 0 Å². The van der Waals surface area contributed by atoms with E-state index in [1.165, 1.54) is 0 Å². The van der Waals surface area contributed by atoms with Gasteiger partial charge in [-0.25, -0.2) is 4.68 Å². The number of hydrogen-bond donors (Lipinski definition) is 0. The quantitative estimate of drug-likeness (QED) is 0.621. The molecule has 0 radical (unpaired) electrons. The lowest BCUT2D eigenvalue weighted by Gasteiger charge is -2.01. The Balaban J connectivity index is 2.05. The van der Waals surface area contributed by atoms with Gasteiger partial charge in [0.15, 0.2) is 0 Å². The lowest BCUT2D eigenvalue weighted by atomic mass is 10.3. The Morgan fingerprint density at radius 3 is 2.93 bits per heavy atom. The van der Waals surface area contributed by atoms with Crippen LogP contribution in [0.5, 0.6) is 0 Å². The number of nitrogens with zero attached hydrogens (tertiary/aromatic N) is 5. The van der Waals surface area contributed by atoms with Gasteiger partial charge >= 0.3 is 0 Å². The Morgan fingerprint density at radius 2 is 2.07 bits per heavy atom. The highest BCUT2D eigenvalue weighted by atomic mass is 15.5. The van der Waals surface area contributed by atoms with E-state index in [0.717, 1.165) is 11.0 Å². The second kappa shape index (κ2) is 3.20. The van der Waals surface area contributed by atoms with Crippen LogP contribution in [0.15, 0.2) is 42.7 Å². The molecule has 15 heavy (non-hydrogen) atoms. The van der Waals surface area contributed by atoms with Gasteiger partial charge in [-0.05, 0) is 18.2 Å². The van der Waals surface area contributed by atoms with E-state index in [2.05, 4.69) is 15.4 Å². The summed E-state index contributed by atoms with van der Waals surface area (Å²) in [4.78, 5) is 0. The van der Waals surface area contributed by atoms with Crippen LogP contribution < -0.4 is 0 Å². The molecule has 74 valence electrons. The van der Waals surface area contributed by atoms with E-state index in [9.17, 15) is 0 Å². The summed E-state index contributed by atoms with van der Waals surface area (Å²) in [6.45, 7) is 0.591. The summed E-state index contributed by atoms with van der Waals surface area (Å²) in [7, 11) is 0. The number of hydrogen-bond acceptors (Lipinski definition) is 3. The van der Waals surface area contributed by atoms with Gasteiger partial charge in [0, 0.05) is 12.4 Å². The first-order valence-electron chi connectivity index (χ1n) is 4.69. The molecule has 0 unspecified atom stereocenters. The standard InChI is InChI=1S/C10H9N5/c1-2-5-10-9(4-1)12-13-15(10)8-14-7-3-6-11-14/h1-7H,8H2. The van der Waals surface area contributed by atoms with Crippen LogP contribution >= 0.6 is 0 Å². The Kier molecular flexibility index (Phi) is 1.74. The van der Waals surface area contributed by atoms with Gasteiger partial charge in [-0.2, -0.15) is 5.10 Å². The summed E-state index contributed by atoms with van der Waals surface area (Å²) in [6.07, 6.45) is 3.65. The zero-order chi connectivity index (χ0) is 10.1. The predicted octanol–water partition coefficient (Wildman–Crippen LogP) is 1.13. The Bertz CT molecular complexity index is 566. The highest BCUT2D eigenvalue weighted by Gasteiger charge is 2.02. The van der Waals surface area contributed by atoms with E-state index in [-0.39, 0.29) is 0 Å². The molecule has 2 heterocycles. The summed E-state index contributed by atoms with van der Waals surface area (Å²) in [5.74, 6) is 0. The minimum Gasteiger partial charge on any atom is -0.251 e. The first-order chi connectivity index (χ1) is 7.43. The number of benzene rings is 1. The molecule has 2 aromatic heterocycles. The molecule has 0 fully saturated rings. The van der Waals surface area contributed by atoms with Crippen LogP contribution in [0.2, 0.25) is 0 Å². The second-order valence-corrected chi connectivity index (χ2v) is 3.26. The third-order valence-electron chi connectivity index (χ3n) is 2.26. The van der Waals surface area contributed by atoms with Crippen molar-refractivity contribution in [1.29, 1.82) is 0 Å². The highest BCUT2D eigenvalue weighted by Crippen LogP contribution is 2.09. The van der Waals surface area contributed by atoms with Crippen LogP contribution in [-0.2, 0) is 6.67 Å². The van der Waals surface area contributed by atoms with Gasteiger partial charge in [0.05, 0.1) is 5.52 Å². The molecule has 0 aliphatic heterocycles. The van der Waals surface area contributed by atoms with Gasteiger partial charge in [0.1, 0.15) is 12.2 Å². The molecule has 0 spiro atoms. The van der Waals surface area contributed by atoms with Gasteiger partial charge in [0.25, 0.3) is 0 Å².